The van der Waals surface area contributed by atoms with E-state index in [1.54, 1.807) is 20.1 Å². The smallest absolute Gasteiger partial charge is 0.274 e. The quantitative estimate of drug-likeness (QED) is 0.651. The van der Waals surface area contributed by atoms with Gasteiger partial charge in [-0.3, -0.25) is 4.79 Å². The molecule has 144 valence electrons. The van der Waals surface area contributed by atoms with Crippen molar-refractivity contribution in [3.63, 3.8) is 0 Å². The number of halogens is 1. The van der Waals surface area contributed by atoms with Crippen LogP contribution in [-0.2, 0) is 6.42 Å². The van der Waals surface area contributed by atoms with Gasteiger partial charge in [0.2, 0.25) is 5.95 Å². The number of benzene rings is 2. The van der Waals surface area contributed by atoms with Crippen LogP contribution in [0.2, 0.25) is 0 Å². The maximum atomic E-state index is 13.0. The Kier molecular flexibility index (Phi) is 6.16. The minimum absolute atomic E-state index is 0.233. The molecule has 2 N–H and O–H groups in total. The molecule has 0 fully saturated rings. The maximum Gasteiger partial charge on any atom is 0.274 e. The Labute approximate surface area is 162 Å². The standard InChI is InChI=1S/C21H21FN4O2/c1-14-13-18(20(27)25-17-9-7-16(22)8-10-17)26-21(24-14)23-12-11-15-5-3-4-6-19(15)28-2/h3-10,13H,11-12H2,1-2H3,(H,25,27)(H,23,24,26). The van der Waals surface area contributed by atoms with Crippen molar-refractivity contribution in [3.8, 4) is 5.75 Å². The van der Waals surface area contributed by atoms with E-state index in [-0.39, 0.29) is 17.4 Å². The van der Waals surface area contributed by atoms with E-state index in [1.165, 1.54) is 24.3 Å². The number of methoxy groups -OCH3 is 1. The lowest BCUT2D eigenvalue weighted by Crippen LogP contribution is -2.17. The van der Waals surface area contributed by atoms with Gasteiger partial charge in [0.1, 0.15) is 17.3 Å². The number of aromatic nitrogens is 2. The third-order valence-electron chi connectivity index (χ3n) is 4.06. The van der Waals surface area contributed by atoms with Crippen LogP contribution in [0.5, 0.6) is 5.75 Å². The number of carbonyl (C=O) groups is 1. The van der Waals surface area contributed by atoms with E-state index in [0.29, 0.717) is 23.9 Å². The van der Waals surface area contributed by atoms with E-state index < -0.39 is 0 Å². The lowest BCUT2D eigenvalue weighted by molar-refractivity contribution is 0.102. The molecule has 0 aliphatic carbocycles. The van der Waals surface area contributed by atoms with Gasteiger partial charge in [-0.25, -0.2) is 14.4 Å². The largest absolute Gasteiger partial charge is 0.496 e. The summed E-state index contributed by atoms with van der Waals surface area (Å²) < 4.78 is 18.3. The molecule has 1 amide bonds. The van der Waals surface area contributed by atoms with Crippen LogP contribution in [0.1, 0.15) is 21.7 Å². The number of para-hydroxylation sites is 1. The Hall–Kier alpha value is -3.48. The molecule has 28 heavy (non-hydrogen) atoms. The van der Waals surface area contributed by atoms with E-state index >= 15 is 0 Å². The molecule has 1 aromatic heterocycles. The van der Waals surface area contributed by atoms with Crippen molar-refractivity contribution in [2.24, 2.45) is 0 Å². The van der Waals surface area contributed by atoms with Crippen molar-refractivity contribution < 1.29 is 13.9 Å². The molecule has 0 bridgehead atoms. The second-order valence-corrected chi connectivity index (χ2v) is 6.17. The third-order valence-corrected chi connectivity index (χ3v) is 4.06. The summed E-state index contributed by atoms with van der Waals surface area (Å²) in [7, 11) is 1.64. The average Bonchev–Trinajstić information content (AvgIpc) is 2.69. The Morgan fingerprint density at radius 1 is 1.11 bits per heavy atom. The van der Waals surface area contributed by atoms with Crippen molar-refractivity contribution in [2.75, 3.05) is 24.3 Å². The van der Waals surface area contributed by atoms with Gasteiger partial charge in [-0.15, -0.1) is 0 Å². The molecule has 3 rings (SSSR count). The monoisotopic (exact) mass is 380 g/mol. The van der Waals surface area contributed by atoms with Gasteiger partial charge >= 0.3 is 0 Å². The van der Waals surface area contributed by atoms with Crippen LogP contribution in [0.3, 0.4) is 0 Å². The highest BCUT2D eigenvalue weighted by Crippen LogP contribution is 2.18. The van der Waals surface area contributed by atoms with Crippen LogP contribution in [0.15, 0.2) is 54.6 Å². The van der Waals surface area contributed by atoms with Crippen LogP contribution in [0.4, 0.5) is 16.0 Å². The average molecular weight is 380 g/mol. The molecule has 0 aliphatic rings. The van der Waals surface area contributed by atoms with Gasteiger partial charge in [-0.2, -0.15) is 0 Å². The number of hydrogen-bond donors (Lipinski definition) is 2. The molecule has 0 radical (unpaired) electrons. The Bertz CT molecular complexity index is 961. The first-order chi connectivity index (χ1) is 13.5. The van der Waals surface area contributed by atoms with Crippen molar-refractivity contribution in [1.29, 1.82) is 0 Å². The molecule has 7 heteroatoms. The number of anilines is 2. The first-order valence-corrected chi connectivity index (χ1v) is 8.83. The Morgan fingerprint density at radius 2 is 1.86 bits per heavy atom. The first-order valence-electron chi connectivity index (χ1n) is 8.83. The second-order valence-electron chi connectivity index (χ2n) is 6.17. The number of hydrogen-bond acceptors (Lipinski definition) is 5. The fraction of sp³-hybridized carbons (Fsp3) is 0.190. The summed E-state index contributed by atoms with van der Waals surface area (Å²) in [4.78, 5) is 21.0. The fourth-order valence-corrected chi connectivity index (χ4v) is 2.71. The highest BCUT2D eigenvalue weighted by molar-refractivity contribution is 6.03. The zero-order valence-corrected chi connectivity index (χ0v) is 15.7. The van der Waals surface area contributed by atoms with Crippen molar-refractivity contribution >= 4 is 17.5 Å². The van der Waals surface area contributed by atoms with Gasteiger partial charge in [0.15, 0.2) is 0 Å². The zero-order valence-electron chi connectivity index (χ0n) is 15.7. The highest BCUT2D eigenvalue weighted by Gasteiger charge is 2.11. The van der Waals surface area contributed by atoms with Gasteiger partial charge in [0, 0.05) is 17.9 Å². The van der Waals surface area contributed by atoms with Gasteiger partial charge in [-0.05, 0) is 55.3 Å². The summed E-state index contributed by atoms with van der Waals surface area (Å²) in [6.07, 6.45) is 0.721. The highest BCUT2D eigenvalue weighted by atomic mass is 19.1. The number of nitrogens with zero attached hydrogens (tertiary/aromatic N) is 2. The van der Waals surface area contributed by atoms with E-state index in [0.717, 1.165) is 17.7 Å². The summed E-state index contributed by atoms with van der Waals surface area (Å²) >= 11 is 0. The molecular weight excluding hydrogens is 359 g/mol. The van der Waals surface area contributed by atoms with E-state index in [9.17, 15) is 9.18 Å². The SMILES string of the molecule is COc1ccccc1CCNc1nc(C)cc(C(=O)Nc2ccc(F)cc2)n1. The van der Waals surface area contributed by atoms with E-state index in [1.807, 2.05) is 24.3 Å². The van der Waals surface area contributed by atoms with Gasteiger partial charge in [-0.1, -0.05) is 18.2 Å². The fourth-order valence-electron chi connectivity index (χ4n) is 2.71. The number of amides is 1. The molecule has 0 atom stereocenters. The number of ether oxygens (including phenoxy) is 1. The number of rotatable bonds is 7. The molecule has 1 heterocycles. The molecule has 0 spiro atoms. The van der Waals surface area contributed by atoms with Crippen LogP contribution < -0.4 is 15.4 Å². The minimum atomic E-state index is -0.384. The van der Waals surface area contributed by atoms with Crippen LogP contribution >= 0.6 is 0 Å². The summed E-state index contributed by atoms with van der Waals surface area (Å²) in [5.74, 6) is 0.454. The summed E-state index contributed by atoms with van der Waals surface area (Å²) in [6.45, 7) is 2.38. The zero-order chi connectivity index (χ0) is 19.9. The molecule has 0 aliphatic heterocycles. The van der Waals surface area contributed by atoms with Gasteiger partial charge < -0.3 is 15.4 Å². The van der Waals surface area contributed by atoms with Crippen molar-refractivity contribution in [2.45, 2.75) is 13.3 Å². The van der Waals surface area contributed by atoms with Crippen molar-refractivity contribution in [3.05, 3.63) is 77.4 Å². The number of aryl methyl sites for hydroxylation is 1. The van der Waals surface area contributed by atoms with Gasteiger partial charge in [0.25, 0.3) is 5.91 Å². The van der Waals surface area contributed by atoms with Crippen LogP contribution in [0, 0.1) is 12.7 Å². The summed E-state index contributed by atoms with van der Waals surface area (Å²) in [5, 5.41) is 5.84. The van der Waals surface area contributed by atoms with Crippen molar-refractivity contribution in [1.82, 2.24) is 9.97 Å². The van der Waals surface area contributed by atoms with E-state index in [2.05, 4.69) is 20.6 Å². The Balaban J connectivity index is 1.65. The predicted molar refractivity (Wildman–Crippen MR) is 106 cm³/mol. The summed E-state index contributed by atoms with van der Waals surface area (Å²) in [6, 6.07) is 14.9. The van der Waals surface area contributed by atoms with E-state index in [4.69, 9.17) is 4.74 Å². The molecule has 0 saturated carbocycles. The lowest BCUT2D eigenvalue weighted by atomic mass is 10.1. The lowest BCUT2D eigenvalue weighted by Gasteiger charge is -2.10. The normalized spacial score (nSPS) is 10.4. The number of nitrogens with one attached hydrogen (secondary N) is 2. The maximum absolute atomic E-state index is 13.0. The van der Waals surface area contributed by atoms with Gasteiger partial charge in [0.05, 0.1) is 7.11 Å². The van der Waals surface area contributed by atoms with Crippen LogP contribution in [0.25, 0.3) is 0 Å². The molecule has 3 aromatic rings. The predicted octanol–water partition coefficient (Wildman–Crippen LogP) is 3.84. The second kappa shape index (κ2) is 8.94. The summed E-state index contributed by atoms with van der Waals surface area (Å²) in [5.41, 5.74) is 2.46. The third kappa shape index (κ3) is 5.03. The molecule has 0 unspecified atom stereocenters. The van der Waals surface area contributed by atoms with Crippen LogP contribution in [-0.4, -0.2) is 29.5 Å². The molecule has 0 saturated heterocycles. The molecular formula is C21H21FN4O2. The molecule has 6 nitrogen and oxygen atoms in total. The minimum Gasteiger partial charge on any atom is -0.496 e. The Morgan fingerprint density at radius 3 is 2.61 bits per heavy atom. The molecule has 2 aromatic carbocycles. The first kappa shape index (κ1) is 19.3. The number of carbonyl (C=O) groups excluding carboxylic acids is 1. The topological polar surface area (TPSA) is 76.1 Å².